The number of aromatic hydroxyl groups is 1. The molecule has 0 amide bonds. The van der Waals surface area contributed by atoms with Crippen LogP contribution in [0.15, 0.2) is 24.3 Å². The number of carboxylic acid groups (broad SMARTS) is 1. The number of phenols is 1. The van der Waals surface area contributed by atoms with Crippen molar-refractivity contribution in [1.82, 2.24) is 0 Å². The van der Waals surface area contributed by atoms with Crippen molar-refractivity contribution in [1.29, 1.82) is 0 Å². The average Bonchev–Trinajstić information content (AvgIpc) is 2.18. The van der Waals surface area contributed by atoms with Crippen molar-refractivity contribution < 1.29 is 62.1 Å². The summed E-state index contributed by atoms with van der Waals surface area (Å²) in [6.07, 6.45) is 0.273. The van der Waals surface area contributed by atoms with E-state index in [4.69, 9.17) is 33.5 Å². The fourth-order valence-electron chi connectivity index (χ4n) is 0.973. The molecule has 0 unspecified atom stereocenters. The van der Waals surface area contributed by atoms with Gasteiger partial charge >= 0.3 is 35.5 Å². The minimum atomic E-state index is -4.92. The van der Waals surface area contributed by atoms with Gasteiger partial charge in [-0.2, -0.15) is 0 Å². The van der Waals surface area contributed by atoms with Gasteiger partial charge in [0.15, 0.2) is 0 Å². The molecule has 1 aromatic rings. The number of carbonyl (C=O) groups is 1. The van der Waals surface area contributed by atoms with Gasteiger partial charge in [-0.15, -0.1) is 0 Å². The Hall–Kier alpha value is -0.680. The van der Waals surface area contributed by atoms with Crippen LogP contribution in [0, 0.1) is 0 Å². The Labute approximate surface area is 132 Å². The fraction of sp³-hybridized carbons (Fsp3) is 0.222. The molecule has 8 nitrogen and oxygen atoms in total. The minimum absolute atomic E-state index is 0. The van der Waals surface area contributed by atoms with Crippen molar-refractivity contribution in [2.75, 3.05) is 0 Å². The third-order valence-electron chi connectivity index (χ3n) is 1.71. The Kier molecular flexibility index (Phi) is 10.1. The maximum absolute atomic E-state index is 10.4. The summed E-state index contributed by atoms with van der Waals surface area (Å²) in [6.45, 7) is 0. The minimum Gasteiger partial charge on any atom is -0.726 e. The first-order valence-corrected chi connectivity index (χ1v) is 5.90. The molecule has 0 heterocycles. The second kappa shape index (κ2) is 9.26. The smallest absolute Gasteiger partial charge is 0.726 e. The number of aliphatic carboxylic acids is 1. The molecule has 5 N–H and O–H groups in total. The molecule has 1 atom stereocenters. The monoisotopic (exact) mass is 301 g/mol. The van der Waals surface area contributed by atoms with E-state index in [1.807, 2.05) is 0 Å². The molecule has 1 aromatic carbocycles. The number of phenolic OH excluding ortho intramolecular Hbond substituents is 1. The van der Waals surface area contributed by atoms with Crippen molar-refractivity contribution in [3.8, 4) is 5.75 Å². The normalized spacial score (nSPS) is 11.5. The Morgan fingerprint density at radius 2 is 1.68 bits per heavy atom. The van der Waals surface area contributed by atoms with Gasteiger partial charge in [-0.05, 0) is 24.1 Å². The average molecular weight is 301 g/mol. The van der Waals surface area contributed by atoms with Gasteiger partial charge in [0.1, 0.15) is 11.8 Å². The zero-order valence-electron chi connectivity index (χ0n) is 10.1. The van der Waals surface area contributed by atoms with Crippen LogP contribution in [0.4, 0.5) is 0 Å². The predicted molar refractivity (Wildman–Crippen MR) is 59.7 cm³/mol. The summed E-state index contributed by atoms with van der Waals surface area (Å²) >= 11 is 0. The molecule has 0 aliphatic heterocycles. The van der Waals surface area contributed by atoms with Crippen molar-refractivity contribution in [3.05, 3.63) is 29.8 Å². The van der Waals surface area contributed by atoms with Crippen LogP contribution in [0.1, 0.15) is 5.56 Å². The Balaban J connectivity index is 0. The van der Waals surface area contributed by atoms with E-state index in [9.17, 15) is 4.79 Å². The summed E-state index contributed by atoms with van der Waals surface area (Å²) < 4.78 is 32.8. The van der Waals surface area contributed by atoms with Gasteiger partial charge in [-0.3, -0.25) is 9.35 Å². The van der Waals surface area contributed by atoms with E-state index in [1.54, 1.807) is 12.1 Å². The molecule has 0 aliphatic rings. The van der Waals surface area contributed by atoms with Crippen molar-refractivity contribution in [2.24, 2.45) is 5.73 Å². The first-order valence-electron chi connectivity index (χ1n) is 4.54. The Morgan fingerprint density at radius 3 is 2.00 bits per heavy atom. The fourth-order valence-corrected chi connectivity index (χ4v) is 0.973. The van der Waals surface area contributed by atoms with Crippen LogP contribution >= 0.6 is 0 Å². The molecule has 0 aromatic heterocycles. The number of benzene rings is 1. The second-order valence-electron chi connectivity index (χ2n) is 3.24. The molecule has 0 aliphatic carbocycles. The molecule has 0 bridgehead atoms. The maximum atomic E-state index is 10.4. The molecule has 102 valence electrons. The van der Waals surface area contributed by atoms with E-state index >= 15 is 0 Å². The molecule has 10 heteroatoms. The summed E-state index contributed by atoms with van der Waals surface area (Å²) in [7, 11) is -4.92. The van der Waals surface area contributed by atoms with E-state index in [0.29, 0.717) is 0 Å². The SMILES string of the molecule is N[C@@H](Cc1ccc(O)cc1)C(=O)O.O=S(=O)([O-])O.[Na+]. The van der Waals surface area contributed by atoms with Crippen LogP contribution in [0.5, 0.6) is 5.75 Å². The zero-order chi connectivity index (χ0) is 14.3. The van der Waals surface area contributed by atoms with E-state index in [2.05, 4.69) is 0 Å². The van der Waals surface area contributed by atoms with Crippen molar-refractivity contribution in [3.63, 3.8) is 0 Å². The summed E-state index contributed by atoms with van der Waals surface area (Å²) in [5.74, 6) is -0.860. The van der Waals surface area contributed by atoms with Crippen LogP contribution in [-0.4, -0.2) is 39.7 Å². The van der Waals surface area contributed by atoms with Crippen molar-refractivity contribution in [2.45, 2.75) is 12.5 Å². The van der Waals surface area contributed by atoms with Crippen LogP contribution in [0.3, 0.4) is 0 Å². The molecular weight excluding hydrogens is 289 g/mol. The molecule has 1 rings (SSSR count). The first-order chi connectivity index (χ1) is 8.09. The van der Waals surface area contributed by atoms with E-state index in [-0.39, 0.29) is 41.7 Å². The zero-order valence-corrected chi connectivity index (χ0v) is 12.9. The number of nitrogens with two attached hydrogens (primary N) is 1. The third kappa shape index (κ3) is 13.6. The van der Waals surface area contributed by atoms with Gasteiger partial charge in [-0.25, -0.2) is 8.42 Å². The topological polar surface area (TPSA) is 161 Å². The molecule has 0 spiro atoms. The Morgan fingerprint density at radius 1 is 1.32 bits per heavy atom. The summed E-state index contributed by atoms with van der Waals surface area (Å²) in [5, 5.41) is 17.5. The van der Waals surface area contributed by atoms with Gasteiger partial charge in [0.25, 0.3) is 0 Å². The van der Waals surface area contributed by atoms with Gasteiger partial charge in [0.05, 0.1) is 0 Å². The van der Waals surface area contributed by atoms with Gasteiger partial charge < -0.3 is 20.5 Å². The predicted octanol–water partition coefficient (Wildman–Crippen LogP) is -3.64. The maximum Gasteiger partial charge on any atom is 1.00 e. The number of hydrogen-bond donors (Lipinski definition) is 4. The number of hydrogen-bond acceptors (Lipinski definition) is 6. The molecule has 0 saturated carbocycles. The second-order valence-corrected chi connectivity index (χ2v) is 4.10. The van der Waals surface area contributed by atoms with Crippen LogP contribution in [0.25, 0.3) is 0 Å². The van der Waals surface area contributed by atoms with E-state index in [1.165, 1.54) is 12.1 Å². The number of rotatable bonds is 3. The largest absolute Gasteiger partial charge is 1.00 e. The van der Waals surface area contributed by atoms with E-state index in [0.717, 1.165) is 5.56 Å². The van der Waals surface area contributed by atoms with Crippen molar-refractivity contribution >= 4 is 16.4 Å². The Bertz CT molecular complexity index is 480. The molecule has 0 saturated heterocycles. The molecular formula is C9H12NNaO7S. The molecule has 0 fully saturated rings. The van der Waals surface area contributed by atoms with Crippen LogP contribution in [-0.2, 0) is 21.6 Å². The van der Waals surface area contributed by atoms with Gasteiger partial charge in [0, 0.05) is 0 Å². The quantitative estimate of drug-likeness (QED) is 0.252. The standard InChI is InChI=1S/C9H11NO3.Na.H2O4S/c10-8(9(12)13)5-6-1-3-7(11)4-2-6;;1-5(2,3)4/h1-4,8,11H,5,10H2,(H,12,13);;(H2,1,2,3,4)/q;+1;/p-1/t8-;;/m0../s1. The number of carboxylic acids is 1. The van der Waals surface area contributed by atoms with Crippen LogP contribution < -0.4 is 35.3 Å². The van der Waals surface area contributed by atoms with Gasteiger partial charge in [0.2, 0.25) is 10.4 Å². The van der Waals surface area contributed by atoms with Crippen LogP contribution in [0.2, 0.25) is 0 Å². The third-order valence-corrected chi connectivity index (χ3v) is 1.71. The molecule has 0 radical (unpaired) electrons. The van der Waals surface area contributed by atoms with E-state index < -0.39 is 22.4 Å². The summed E-state index contributed by atoms with van der Waals surface area (Å²) in [5.41, 5.74) is 6.12. The van der Waals surface area contributed by atoms with Gasteiger partial charge in [-0.1, -0.05) is 12.1 Å². The summed E-state index contributed by atoms with van der Waals surface area (Å²) in [6, 6.07) is 5.42. The summed E-state index contributed by atoms with van der Waals surface area (Å²) in [4.78, 5) is 10.4. The molecule has 19 heavy (non-hydrogen) atoms. The first kappa shape index (κ1) is 20.6.